The van der Waals surface area contributed by atoms with Gasteiger partial charge < -0.3 is 5.32 Å². The van der Waals surface area contributed by atoms with Crippen molar-refractivity contribution >= 4 is 17.2 Å². The Kier molecular flexibility index (Phi) is 4.08. The SMILES string of the molecule is C/C=C(\C)c1ncccc1NC(=O)c1ccccc1. The van der Waals surface area contributed by atoms with Gasteiger partial charge in [-0.05, 0) is 43.7 Å². The quantitative estimate of drug-likeness (QED) is 0.903. The van der Waals surface area contributed by atoms with E-state index in [9.17, 15) is 4.79 Å². The first-order valence-electron chi connectivity index (χ1n) is 6.17. The third kappa shape index (κ3) is 3.07. The molecule has 0 aliphatic rings. The summed E-state index contributed by atoms with van der Waals surface area (Å²) in [7, 11) is 0. The van der Waals surface area contributed by atoms with Gasteiger partial charge in [0.1, 0.15) is 0 Å². The largest absolute Gasteiger partial charge is 0.320 e. The molecule has 0 fully saturated rings. The molecule has 2 rings (SSSR count). The number of carbonyl (C=O) groups is 1. The van der Waals surface area contributed by atoms with Crippen molar-refractivity contribution in [1.82, 2.24) is 4.98 Å². The fourth-order valence-electron chi connectivity index (χ4n) is 1.74. The summed E-state index contributed by atoms with van der Waals surface area (Å²) in [6.45, 7) is 3.92. The van der Waals surface area contributed by atoms with Gasteiger partial charge in [0.2, 0.25) is 0 Å². The van der Waals surface area contributed by atoms with Gasteiger partial charge in [-0.25, -0.2) is 0 Å². The van der Waals surface area contributed by atoms with E-state index in [1.54, 1.807) is 18.3 Å². The topological polar surface area (TPSA) is 42.0 Å². The van der Waals surface area contributed by atoms with Crippen LogP contribution in [0.5, 0.6) is 0 Å². The number of rotatable bonds is 3. The lowest BCUT2D eigenvalue weighted by atomic mass is 10.1. The van der Waals surface area contributed by atoms with Crippen LogP contribution in [0.1, 0.15) is 29.9 Å². The third-order valence-electron chi connectivity index (χ3n) is 2.90. The lowest BCUT2D eigenvalue weighted by Gasteiger charge is -2.10. The van der Waals surface area contributed by atoms with Crippen molar-refractivity contribution in [2.45, 2.75) is 13.8 Å². The number of allylic oxidation sites excluding steroid dienone is 2. The Balaban J connectivity index is 2.27. The van der Waals surface area contributed by atoms with Crippen LogP contribution in [-0.4, -0.2) is 10.9 Å². The number of amides is 1. The molecule has 0 aliphatic heterocycles. The minimum atomic E-state index is -0.126. The maximum absolute atomic E-state index is 12.1. The molecular weight excluding hydrogens is 236 g/mol. The predicted molar refractivity (Wildman–Crippen MR) is 78.0 cm³/mol. The van der Waals surface area contributed by atoms with Gasteiger partial charge in [0.15, 0.2) is 0 Å². The van der Waals surface area contributed by atoms with E-state index in [2.05, 4.69) is 10.3 Å². The summed E-state index contributed by atoms with van der Waals surface area (Å²) in [5.41, 5.74) is 3.20. The molecule has 0 saturated heterocycles. The van der Waals surface area contributed by atoms with Crippen LogP contribution in [0.15, 0.2) is 54.7 Å². The first-order chi connectivity index (χ1) is 9.22. The lowest BCUT2D eigenvalue weighted by molar-refractivity contribution is 0.102. The number of hydrogen-bond donors (Lipinski definition) is 1. The number of aromatic nitrogens is 1. The first kappa shape index (κ1) is 13.0. The molecular formula is C16H16N2O. The third-order valence-corrected chi connectivity index (χ3v) is 2.90. The van der Waals surface area contributed by atoms with E-state index in [1.165, 1.54) is 0 Å². The van der Waals surface area contributed by atoms with E-state index in [4.69, 9.17) is 0 Å². The molecule has 0 saturated carbocycles. The molecule has 3 heteroatoms. The van der Waals surface area contributed by atoms with E-state index in [0.29, 0.717) is 5.56 Å². The summed E-state index contributed by atoms with van der Waals surface area (Å²) < 4.78 is 0. The highest BCUT2D eigenvalue weighted by molar-refractivity contribution is 6.05. The van der Waals surface area contributed by atoms with Gasteiger partial charge in [0.25, 0.3) is 5.91 Å². The maximum Gasteiger partial charge on any atom is 0.255 e. The normalized spacial score (nSPS) is 11.2. The van der Waals surface area contributed by atoms with Crippen molar-refractivity contribution in [2.75, 3.05) is 5.32 Å². The Bertz CT molecular complexity index is 603. The van der Waals surface area contributed by atoms with Crippen molar-refractivity contribution < 1.29 is 4.79 Å². The average molecular weight is 252 g/mol. The van der Waals surface area contributed by atoms with E-state index in [0.717, 1.165) is 17.0 Å². The Morgan fingerprint density at radius 1 is 1.16 bits per heavy atom. The number of benzene rings is 1. The molecule has 0 unspecified atom stereocenters. The van der Waals surface area contributed by atoms with E-state index in [-0.39, 0.29) is 5.91 Å². The number of hydrogen-bond acceptors (Lipinski definition) is 2. The fourth-order valence-corrected chi connectivity index (χ4v) is 1.74. The smallest absolute Gasteiger partial charge is 0.255 e. The van der Waals surface area contributed by atoms with Gasteiger partial charge >= 0.3 is 0 Å². The minimum absolute atomic E-state index is 0.126. The van der Waals surface area contributed by atoms with Crippen LogP contribution in [0, 0.1) is 0 Å². The summed E-state index contributed by atoms with van der Waals surface area (Å²) in [6.07, 6.45) is 3.70. The molecule has 1 amide bonds. The second-order valence-electron chi connectivity index (χ2n) is 4.19. The predicted octanol–water partition coefficient (Wildman–Crippen LogP) is 3.76. The highest BCUT2D eigenvalue weighted by Gasteiger charge is 2.09. The molecule has 1 N–H and O–H groups in total. The second kappa shape index (κ2) is 5.96. The zero-order valence-electron chi connectivity index (χ0n) is 11.1. The van der Waals surface area contributed by atoms with Crippen LogP contribution < -0.4 is 5.32 Å². The molecule has 0 atom stereocenters. The summed E-state index contributed by atoms with van der Waals surface area (Å²) in [6, 6.07) is 12.8. The Hall–Kier alpha value is -2.42. The summed E-state index contributed by atoms with van der Waals surface area (Å²) in [4.78, 5) is 16.4. The number of pyridine rings is 1. The van der Waals surface area contributed by atoms with Crippen LogP contribution in [-0.2, 0) is 0 Å². The van der Waals surface area contributed by atoms with E-state index >= 15 is 0 Å². The number of nitrogens with zero attached hydrogens (tertiary/aromatic N) is 1. The lowest BCUT2D eigenvalue weighted by Crippen LogP contribution is -2.13. The molecule has 1 aromatic carbocycles. The van der Waals surface area contributed by atoms with Crippen molar-refractivity contribution in [2.24, 2.45) is 0 Å². The highest BCUT2D eigenvalue weighted by Crippen LogP contribution is 2.21. The maximum atomic E-state index is 12.1. The fraction of sp³-hybridized carbons (Fsp3) is 0.125. The molecule has 2 aromatic rings. The molecule has 3 nitrogen and oxygen atoms in total. The Morgan fingerprint density at radius 3 is 2.58 bits per heavy atom. The van der Waals surface area contributed by atoms with Crippen molar-refractivity contribution in [3.8, 4) is 0 Å². The van der Waals surface area contributed by atoms with Gasteiger partial charge in [0.05, 0.1) is 11.4 Å². The van der Waals surface area contributed by atoms with Crippen LogP contribution >= 0.6 is 0 Å². The van der Waals surface area contributed by atoms with Gasteiger partial charge in [-0.2, -0.15) is 0 Å². The monoisotopic (exact) mass is 252 g/mol. The van der Waals surface area contributed by atoms with Crippen molar-refractivity contribution in [3.63, 3.8) is 0 Å². The molecule has 0 aliphatic carbocycles. The van der Waals surface area contributed by atoms with Crippen LogP contribution in [0.25, 0.3) is 5.57 Å². The van der Waals surface area contributed by atoms with Crippen LogP contribution in [0.3, 0.4) is 0 Å². The molecule has 96 valence electrons. The Labute approximate surface area is 113 Å². The molecule has 0 radical (unpaired) electrons. The average Bonchev–Trinajstić information content (AvgIpc) is 2.48. The van der Waals surface area contributed by atoms with Crippen LogP contribution in [0.4, 0.5) is 5.69 Å². The van der Waals surface area contributed by atoms with Gasteiger partial charge in [0, 0.05) is 11.8 Å². The number of carbonyl (C=O) groups excluding carboxylic acids is 1. The zero-order chi connectivity index (χ0) is 13.7. The molecule has 0 bridgehead atoms. The first-order valence-corrected chi connectivity index (χ1v) is 6.17. The van der Waals surface area contributed by atoms with Gasteiger partial charge in [-0.1, -0.05) is 24.3 Å². The number of nitrogens with one attached hydrogen (secondary N) is 1. The van der Waals surface area contributed by atoms with E-state index < -0.39 is 0 Å². The minimum Gasteiger partial charge on any atom is -0.320 e. The molecule has 19 heavy (non-hydrogen) atoms. The van der Waals surface area contributed by atoms with Gasteiger partial charge in [-0.3, -0.25) is 9.78 Å². The number of anilines is 1. The molecule has 1 aromatic heterocycles. The van der Waals surface area contributed by atoms with Gasteiger partial charge in [-0.15, -0.1) is 0 Å². The van der Waals surface area contributed by atoms with Crippen LogP contribution in [0.2, 0.25) is 0 Å². The molecule has 1 heterocycles. The summed E-state index contributed by atoms with van der Waals surface area (Å²) in [5.74, 6) is -0.126. The molecule has 0 spiro atoms. The van der Waals surface area contributed by atoms with E-state index in [1.807, 2.05) is 50.3 Å². The Morgan fingerprint density at radius 2 is 1.89 bits per heavy atom. The standard InChI is InChI=1S/C16H16N2O/c1-3-12(2)15-14(10-7-11-17-15)18-16(19)13-8-5-4-6-9-13/h3-11H,1-2H3,(H,18,19)/b12-3+. The van der Waals surface area contributed by atoms with Crippen molar-refractivity contribution in [1.29, 1.82) is 0 Å². The highest BCUT2D eigenvalue weighted by atomic mass is 16.1. The second-order valence-corrected chi connectivity index (χ2v) is 4.19. The van der Waals surface area contributed by atoms with Crippen molar-refractivity contribution in [3.05, 3.63) is 66.0 Å². The zero-order valence-corrected chi connectivity index (χ0v) is 11.1. The summed E-state index contributed by atoms with van der Waals surface area (Å²) in [5, 5.41) is 2.90. The summed E-state index contributed by atoms with van der Waals surface area (Å²) >= 11 is 0.